The Morgan fingerprint density at radius 3 is 2.70 bits per heavy atom. The number of ether oxygens (including phenoxy) is 3. The third kappa shape index (κ3) is 2.80. The van der Waals surface area contributed by atoms with Crippen LogP contribution in [-0.2, 0) is 9.53 Å². The van der Waals surface area contributed by atoms with Gasteiger partial charge in [0.05, 0.1) is 23.9 Å². The van der Waals surface area contributed by atoms with E-state index >= 15 is 0 Å². The molecule has 3 rings (SSSR count). The molecule has 1 aromatic carbocycles. The Balaban J connectivity index is 1.68. The van der Waals surface area contributed by atoms with Crippen LogP contribution in [0.2, 0.25) is 0 Å². The monoisotopic (exact) mass is 278 g/mol. The quantitative estimate of drug-likeness (QED) is 0.820. The summed E-state index contributed by atoms with van der Waals surface area (Å²) in [6, 6.07) is 3.38. The van der Waals surface area contributed by atoms with Gasteiger partial charge in [0.2, 0.25) is 5.91 Å². The highest BCUT2D eigenvalue weighted by molar-refractivity contribution is 5.94. The third-order valence-corrected chi connectivity index (χ3v) is 3.43. The van der Waals surface area contributed by atoms with E-state index in [1.54, 1.807) is 12.1 Å². The molecular weight excluding hydrogens is 260 g/mol. The van der Waals surface area contributed by atoms with Crippen molar-refractivity contribution in [3.8, 4) is 11.5 Å². The van der Waals surface area contributed by atoms with Crippen LogP contribution in [0.3, 0.4) is 0 Å². The number of nitrogens with two attached hydrogens (primary N) is 1. The van der Waals surface area contributed by atoms with Crippen molar-refractivity contribution in [3.63, 3.8) is 0 Å². The number of carbonyl (C=O) groups is 1. The molecule has 0 saturated carbocycles. The zero-order chi connectivity index (χ0) is 13.9. The first kappa shape index (κ1) is 13.1. The lowest BCUT2D eigenvalue weighted by molar-refractivity contribution is -0.118. The van der Waals surface area contributed by atoms with Gasteiger partial charge in [-0.15, -0.1) is 0 Å². The van der Waals surface area contributed by atoms with E-state index in [0.717, 1.165) is 19.4 Å². The van der Waals surface area contributed by atoms with Gasteiger partial charge in [0.1, 0.15) is 13.2 Å². The van der Waals surface area contributed by atoms with E-state index in [9.17, 15) is 4.79 Å². The Bertz CT molecular complexity index is 512. The molecule has 1 saturated heterocycles. The minimum atomic E-state index is -0.0970. The summed E-state index contributed by atoms with van der Waals surface area (Å²) in [6.45, 7) is 1.75. The summed E-state index contributed by atoms with van der Waals surface area (Å²) in [5.74, 6) is 1.13. The van der Waals surface area contributed by atoms with Gasteiger partial charge < -0.3 is 25.3 Å². The number of benzene rings is 1. The Kier molecular flexibility index (Phi) is 3.64. The number of hydrogen-bond donors (Lipinski definition) is 2. The molecule has 1 atom stereocenters. The second kappa shape index (κ2) is 5.58. The molecule has 20 heavy (non-hydrogen) atoms. The average Bonchev–Trinajstić information content (AvgIpc) is 2.92. The number of rotatable bonds is 3. The van der Waals surface area contributed by atoms with Crippen LogP contribution < -0.4 is 20.5 Å². The van der Waals surface area contributed by atoms with Gasteiger partial charge in [-0.25, -0.2) is 0 Å². The number of amides is 1. The van der Waals surface area contributed by atoms with Crippen LogP contribution in [0, 0.1) is 0 Å². The zero-order valence-electron chi connectivity index (χ0n) is 11.2. The van der Waals surface area contributed by atoms with E-state index in [-0.39, 0.29) is 12.0 Å². The molecule has 6 heteroatoms. The maximum Gasteiger partial charge on any atom is 0.227 e. The van der Waals surface area contributed by atoms with Gasteiger partial charge in [-0.2, -0.15) is 0 Å². The smallest absolute Gasteiger partial charge is 0.227 e. The fourth-order valence-corrected chi connectivity index (χ4v) is 2.43. The molecule has 6 nitrogen and oxygen atoms in total. The second-order valence-electron chi connectivity index (χ2n) is 4.97. The van der Waals surface area contributed by atoms with E-state index in [1.165, 1.54) is 0 Å². The molecule has 0 aliphatic carbocycles. The van der Waals surface area contributed by atoms with Crippen LogP contribution >= 0.6 is 0 Å². The van der Waals surface area contributed by atoms with E-state index in [1.807, 2.05) is 0 Å². The molecule has 2 aliphatic heterocycles. The predicted octanol–water partition coefficient (Wildman–Crippen LogP) is 1.55. The zero-order valence-corrected chi connectivity index (χ0v) is 11.2. The fourth-order valence-electron chi connectivity index (χ4n) is 2.43. The lowest BCUT2D eigenvalue weighted by Crippen LogP contribution is -2.20. The van der Waals surface area contributed by atoms with Crippen molar-refractivity contribution in [2.45, 2.75) is 25.4 Å². The largest absolute Gasteiger partial charge is 0.486 e. The highest BCUT2D eigenvalue weighted by Gasteiger charge is 2.20. The molecule has 3 N–H and O–H groups in total. The number of carbonyl (C=O) groups excluding carboxylic acids is 1. The molecule has 0 spiro atoms. The Labute approximate surface area is 117 Å². The number of hydrogen-bond acceptors (Lipinski definition) is 5. The van der Waals surface area contributed by atoms with Gasteiger partial charge in [0.15, 0.2) is 11.5 Å². The maximum atomic E-state index is 12.0. The first-order valence-electron chi connectivity index (χ1n) is 6.83. The van der Waals surface area contributed by atoms with E-state index < -0.39 is 0 Å². The number of fused-ring (bicyclic) bond motifs is 1. The number of anilines is 2. The Hall–Kier alpha value is -1.95. The summed E-state index contributed by atoms with van der Waals surface area (Å²) >= 11 is 0. The third-order valence-electron chi connectivity index (χ3n) is 3.43. The van der Waals surface area contributed by atoms with Crippen LogP contribution in [0.4, 0.5) is 11.4 Å². The predicted molar refractivity (Wildman–Crippen MR) is 74.1 cm³/mol. The minimum absolute atomic E-state index is 0.0217. The molecule has 1 aromatic rings. The van der Waals surface area contributed by atoms with Crippen LogP contribution in [0.1, 0.15) is 19.3 Å². The summed E-state index contributed by atoms with van der Waals surface area (Å²) < 4.78 is 16.4. The van der Waals surface area contributed by atoms with Gasteiger partial charge in [0.25, 0.3) is 0 Å². The van der Waals surface area contributed by atoms with Crippen molar-refractivity contribution in [2.24, 2.45) is 0 Å². The van der Waals surface area contributed by atoms with Gasteiger partial charge in [-0.1, -0.05) is 0 Å². The standard InChI is InChI=1S/C14H18N2O4/c15-10-7-12-13(20-5-4-19-12)8-11(10)16-14(17)6-9-2-1-3-18-9/h7-9H,1-6,15H2,(H,16,17). The highest BCUT2D eigenvalue weighted by atomic mass is 16.6. The van der Waals surface area contributed by atoms with Crippen LogP contribution in [0.25, 0.3) is 0 Å². The summed E-state index contributed by atoms with van der Waals surface area (Å²) in [6.07, 6.45) is 2.33. The normalized spacial score (nSPS) is 20.7. The second-order valence-corrected chi connectivity index (χ2v) is 4.97. The van der Waals surface area contributed by atoms with Crippen molar-refractivity contribution in [2.75, 3.05) is 30.9 Å². The SMILES string of the molecule is Nc1cc2c(cc1NC(=O)CC1CCCO1)OCCO2. The molecule has 2 aliphatic rings. The fraction of sp³-hybridized carbons (Fsp3) is 0.500. The molecule has 1 amide bonds. The van der Waals surface area contributed by atoms with Gasteiger partial charge in [0, 0.05) is 18.7 Å². The van der Waals surface area contributed by atoms with Gasteiger partial charge in [-0.05, 0) is 12.8 Å². The average molecular weight is 278 g/mol. The van der Waals surface area contributed by atoms with E-state index in [4.69, 9.17) is 19.9 Å². The summed E-state index contributed by atoms with van der Waals surface area (Å²) in [5, 5.41) is 2.81. The van der Waals surface area contributed by atoms with Crippen LogP contribution in [0.5, 0.6) is 11.5 Å². The first-order valence-corrected chi connectivity index (χ1v) is 6.83. The van der Waals surface area contributed by atoms with Crippen molar-refractivity contribution in [3.05, 3.63) is 12.1 Å². The van der Waals surface area contributed by atoms with Gasteiger partial charge in [-0.3, -0.25) is 4.79 Å². The molecule has 0 bridgehead atoms. The van der Waals surface area contributed by atoms with E-state index in [0.29, 0.717) is 42.5 Å². The molecular formula is C14H18N2O4. The summed E-state index contributed by atoms with van der Waals surface area (Å²) in [5.41, 5.74) is 6.94. The van der Waals surface area contributed by atoms with Crippen molar-refractivity contribution < 1.29 is 19.0 Å². The molecule has 1 unspecified atom stereocenters. The molecule has 0 radical (unpaired) electrons. The van der Waals surface area contributed by atoms with Gasteiger partial charge >= 0.3 is 0 Å². The summed E-state index contributed by atoms with van der Waals surface area (Å²) in [4.78, 5) is 12.0. The van der Waals surface area contributed by atoms with Crippen molar-refractivity contribution in [1.82, 2.24) is 0 Å². The molecule has 2 heterocycles. The van der Waals surface area contributed by atoms with Crippen molar-refractivity contribution in [1.29, 1.82) is 0 Å². The molecule has 108 valence electrons. The van der Waals surface area contributed by atoms with E-state index in [2.05, 4.69) is 5.32 Å². The number of nitrogens with one attached hydrogen (secondary N) is 1. The Morgan fingerprint density at radius 2 is 2.00 bits per heavy atom. The molecule has 1 fully saturated rings. The maximum absolute atomic E-state index is 12.0. The summed E-state index contributed by atoms with van der Waals surface area (Å²) in [7, 11) is 0. The minimum Gasteiger partial charge on any atom is -0.486 e. The lowest BCUT2D eigenvalue weighted by Gasteiger charge is -2.20. The highest BCUT2D eigenvalue weighted by Crippen LogP contribution is 2.37. The lowest BCUT2D eigenvalue weighted by atomic mass is 10.1. The first-order chi connectivity index (χ1) is 9.72. The van der Waals surface area contributed by atoms with Crippen molar-refractivity contribution >= 4 is 17.3 Å². The number of nitrogen functional groups attached to an aromatic ring is 1. The molecule has 0 aromatic heterocycles. The van der Waals surface area contributed by atoms with Crippen LogP contribution in [-0.4, -0.2) is 31.8 Å². The topological polar surface area (TPSA) is 82.8 Å². The van der Waals surface area contributed by atoms with Crippen LogP contribution in [0.15, 0.2) is 12.1 Å². The Morgan fingerprint density at radius 1 is 1.25 bits per heavy atom.